The maximum absolute atomic E-state index is 13.9. The fourth-order valence-electron chi connectivity index (χ4n) is 1.91. The molecule has 2 aromatic rings. The minimum Gasteiger partial charge on any atom is -0.491 e. The van der Waals surface area contributed by atoms with E-state index in [0.29, 0.717) is 17.4 Å². The maximum Gasteiger partial charge on any atom is 0.404 e. The first kappa shape index (κ1) is 15.6. The molecule has 2 aromatic carbocycles. The fraction of sp³-hybridized carbons (Fsp3) is 0.133. The van der Waals surface area contributed by atoms with E-state index in [0.717, 1.165) is 0 Å². The first-order valence-electron chi connectivity index (χ1n) is 6.42. The highest BCUT2D eigenvalue weighted by Gasteiger charge is 2.13. The fourth-order valence-corrected chi connectivity index (χ4v) is 1.91. The van der Waals surface area contributed by atoms with E-state index < -0.39 is 17.7 Å². The van der Waals surface area contributed by atoms with Gasteiger partial charge in [-0.2, -0.15) is 0 Å². The average Bonchev–Trinajstić information content (AvgIpc) is 2.48. The van der Waals surface area contributed by atoms with Crippen molar-refractivity contribution in [1.29, 1.82) is 0 Å². The molecule has 0 aliphatic heterocycles. The molecule has 0 fully saturated rings. The number of nitrogens with two attached hydrogens (primary N) is 1. The molecular weight excluding hydrogens is 294 g/mol. The van der Waals surface area contributed by atoms with Crippen molar-refractivity contribution in [2.45, 2.75) is 0 Å². The predicted molar refractivity (Wildman–Crippen MR) is 77.7 cm³/mol. The molecule has 0 spiro atoms. The summed E-state index contributed by atoms with van der Waals surface area (Å²) >= 11 is 0. The Morgan fingerprint density at radius 2 is 1.91 bits per heavy atom. The van der Waals surface area contributed by atoms with Gasteiger partial charge in [0.15, 0.2) is 0 Å². The smallest absolute Gasteiger partial charge is 0.404 e. The lowest BCUT2D eigenvalue weighted by Crippen LogP contribution is -2.26. The van der Waals surface area contributed by atoms with Crippen molar-refractivity contribution < 1.29 is 23.4 Å². The molecule has 0 aliphatic rings. The number of amides is 1. The molecule has 22 heavy (non-hydrogen) atoms. The quantitative estimate of drug-likeness (QED) is 0.586. The normalized spacial score (nSPS) is 10.3. The van der Waals surface area contributed by atoms with Gasteiger partial charge in [-0.3, -0.25) is 0 Å². The second-order valence-electron chi connectivity index (χ2n) is 4.43. The highest BCUT2D eigenvalue weighted by molar-refractivity contribution is 5.73. The monoisotopic (exact) mass is 308 g/mol. The van der Waals surface area contributed by atoms with Crippen LogP contribution < -0.4 is 15.8 Å². The third kappa shape index (κ3) is 3.63. The van der Waals surface area contributed by atoms with Gasteiger partial charge in [0.05, 0.1) is 12.2 Å². The van der Waals surface area contributed by atoms with Gasteiger partial charge in [0.25, 0.3) is 0 Å². The van der Waals surface area contributed by atoms with Crippen LogP contribution in [0.25, 0.3) is 11.1 Å². The maximum atomic E-state index is 13.9. The van der Waals surface area contributed by atoms with Crippen LogP contribution in [0.2, 0.25) is 0 Å². The number of anilines is 1. The Bertz CT molecular complexity index is 692. The van der Waals surface area contributed by atoms with Crippen LogP contribution in [0.15, 0.2) is 36.4 Å². The van der Waals surface area contributed by atoms with Crippen molar-refractivity contribution in [2.75, 3.05) is 18.9 Å². The van der Waals surface area contributed by atoms with Crippen LogP contribution in [-0.4, -0.2) is 24.4 Å². The second kappa shape index (κ2) is 6.75. The third-order valence-corrected chi connectivity index (χ3v) is 2.90. The van der Waals surface area contributed by atoms with Crippen molar-refractivity contribution in [2.24, 2.45) is 0 Å². The third-order valence-electron chi connectivity index (χ3n) is 2.90. The molecule has 0 saturated carbocycles. The molecular formula is C15H14F2N2O3. The highest BCUT2D eigenvalue weighted by Crippen LogP contribution is 2.33. The summed E-state index contributed by atoms with van der Waals surface area (Å²) in [4.78, 5) is 10.3. The number of rotatable bonds is 5. The lowest BCUT2D eigenvalue weighted by molar-refractivity contribution is 0.191. The highest BCUT2D eigenvalue weighted by atomic mass is 19.1. The molecule has 5 nitrogen and oxygen atoms in total. The molecule has 116 valence electrons. The Balaban J connectivity index is 2.25. The van der Waals surface area contributed by atoms with E-state index in [-0.39, 0.29) is 24.4 Å². The molecule has 7 heteroatoms. The first-order valence-corrected chi connectivity index (χ1v) is 6.42. The number of carboxylic acid groups (broad SMARTS) is 1. The molecule has 0 atom stereocenters. The summed E-state index contributed by atoms with van der Waals surface area (Å²) < 4.78 is 32.6. The van der Waals surface area contributed by atoms with Crippen LogP contribution >= 0.6 is 0 Å². The Hall–Kier alpha value is -2.83. The Kier molecular flexibility index (Phi) is 4.77. The Labute approximate surface area is 125 Å². The van der Waals surface area contributed by atoms with Crippen LogP contribution in [0.1, 0.15) is 0 Å². The summed E-state index contributed by atoms with van der Waals surface area (Å²) in [6.07, 6.45) is -1.16. The standard InChI is InChI=1S/C15H14F2N2O3/c16-11-8-12(17)13(18)7-10(11)9-3-1-2-4-14(9)22-6-5-19-15(20)21/h1-4,7-8,19H,5-6,18H2,(H,20,21). The average molecular weight is 308 g/mol. The second-order valence-corrected chi connectivity index (χ2v) is 4.43. The van der Waals surface area contributed by atoms with Crippen molar-refractivity contribution in [1.82, 2.24) is 5.32 Å². The van der Waals surface area contributed by atoms with Crippen LogP contribution in [0.3, 0.4) is 0 Å². The van der Waals surface area contributed by atoms with E-state index in [1.54, 1.807) is 24.3 Å². The molecule has 0 aliphatic carbocycles. The van der Waals surface area contributed by atoms with Gasteiger partial charge in [0.2, 0.25) is 0 Å². The van der Waals surface area contributed by atoms with Crippen molar-refractivity contribution >= 4 is 11.8 Å². The number of ether oxygens (including phenoxy) is 1. The molecule has 0 bridgehead atoms. The zero-order valence-corrected chi connectivity index (χ0v) is 11.5. The number of hydrogen-bond acceptors (Lipinski definition) is 3. The summed E-state index contributed by atoms with van der Waals surface area (Å²) in [5.41, 5.74) is 5.82. The number of nitrogens with one attached hydrogen (secondary N) is 1. The summed E-state index contributed by atoms with van der Waals surface area (Å²) in [6, 6.07) is 8.49. The SMILES string of the molecule is Nc1cc(-c2ccccc2OCCNC(=O)O)c(F)cc1F. The number of benzene rings is 2. The van der Waals surface area contributed by atoms with E-state index in [1.165, 1.54) is 6.07 Å². The predicted octanol–water partition coefficient (Wildman–Crippen LogP) is 2.86. The molecule has 0 heterocycles. The molecule has 0 radical (unpaired) electrons. The van der Waals surface area contributed by atoms with Gasteiger partial charge < -0.3 is 20.9 Å². The van der Waals surface area contributed by atoms with Crippen molar-refractivity contribution in [3.05, 3.63) is 48.0 Å². The number of para-hydroxylation sites is 1. The minimum absolute atomic E-state index is 0.0710. The van der Waals surface area contributed by atoms with Crippen LogP contribution in [0, 0.1) is 11.6 Å². The van der Waals surface area contributed by atoms with E-state index >= 15 is 0 Å². The van der Waals surface area contributed by atoms with Crippen LogP contribution in [-0.2, 0) is 0 Å². The van der Waals surface area contributed by atoms with Crippen LogP contribution in [0.4, 0.5) is 19.3 Å². The number of halogens is 2. The lowest BCUT2D eigenvalue weighted by Gasteiger charge is -2.13. The van der Waals surface area contributed by atoms with E-state index in [2.05, 4.69) is 5.32 Å². The summed E-state index contributed by atoms with van der Waals surface area (Å²) in [5.74, 6) is -1.24. The van der Waals surface area contributed by atoms with Gasteiger partial charge in [-0.15, -0.1) is 0 Å². The minimum atomic E-state index is -1.16. The first-order chi connectivity index (χ1) is 10.5. The number of carbonyl (C=O) groups is 1. The molecule has 0 saturated heterocycles. The lowest BCUT2D eigenvalue weighted by atomic mass is 10.0. The number of nitrogen functional groups attached to an aromatic ring is 1. The van der Waals surface area contributed by atoms with Gasteiger partial charge in [0, 0.05) is 17.2 Å². The van der Waals surface area contributed by atoms with Gasteiger partial charge in [-0.25, -0.2) is 13.6 Å². The topological polar surface area (TPSA) is 84.6 Å². The van der Waals surface area contributed by atoms with Crippen molar-refractivity contribution in [3.63, 3.8) is 0 Å². The molecule has 1 amide bonds. The summed E-state index contributed by atoms with van der Waals surface area (Å²) in [5, 5.41) is 10.6. The Morgan fingerprint density at radius 1 is 1.18 bits per heavy atom. The summed E-state index contributed by atoms with van der Waals surface area (Å²) in [7, 11) is 0. The summed E-state index contributed by atoms with van der Waals surface area (Å²) in [6.45, 7) is 0.152. The molecule has 4 N–H and O–H groups in total. The van der Waals surface area contributed by atoms with E-state index in [9.17, 15) is 13.6 Å². The largest absolute Gasteiger partial charge is 0.491 e. The molecule has 2 rings (SSSR count). The van der Waals surface area contributed by atoms with Crippen molar-refractivity contribution in [3.8, 4) is 16.9 Å². The van der Waals surface area contributed by atoms with E-state index in [1.807, 2.05) is 0 Å². The zero-order valence-electron chi connectivity index (χ0n) is 11.5. The molecule has 0 unspecified atom stereocenters. The Morgan fingerprint density at radius 3 is 2.64 bits per heavy atom. The van der Waals surface area contributed by atoms with Gasteiger partial charge in [0.1, 0.15) is 24.0 Å². The van der Waals surface area contributed by atoms with Gasteiger partial charge >= 0.3 is 6.09 Å². The van der Waals surface area contributed by atoms with E-state index in [4.69, 9.17) is 15.6 Å². The van der Waals surface area contributed by atoms with Gasteiger partial charge in [-0.1, -0.05) is 18.2 Å². The molecule has 0 aromatic heterocycles. The zero-order chi connectivity index (χ0) is 16.1. The van der Waals surface area contributed by atoms with Gasteiger partial charge in [-0.05, 0) is 12.1 Å². The number of hydrogen-bond donors (Lipinski definition) is 3. The van der Waals surface area contributed by atoms with Crippen LogP contribution in [0.5, 0.6) is 5.75 Å².